The number of amides is 1. The van der Waals surface area contributed by atoms with E-state index < -0.39 is 0 Å². The molecule has 0 spiro atoms. The van der Waals surface area contributed by atoms with Gasteiger partial charge in [0.2, 0.25) is 0 Å². The van der Waals surface area contributed by atoms with Gasteiger partial charge in [-0.15, -0.1) is 0 Å². The van der Waals surface area contributed by atoms with Crippen LogP contribution in [0.15, 0.2) is 24.5 Å². The quantitative estimate of drug-likeness (QED) is 0.854. The van der Waals surface area contributed by atoms with Gasteiger partial charge in [0.25, 0.3) is 0 Å². The van der Waals surface area contributed by atoms with Crippen molar-refractivity contribution < 1.29 is 9.53 Å². The standard InChI is InChI=1S/C19H26N6O2/c1-4-27-19(26)25-9-7-24(8-10-25)18-16(20)17(21-12-22-18)23-15-6-5-13(2)11-14(15)3/h5-6,11-12H,4,7-10,20H2,1-3H3,(H,21,22,23). The van der Waals surface area contributed by atoms with E-state index in [-0.39, 0.29) is 6.09 Å². The van der Waals surface area contributed by atoms with Crippen molar-refractivity contribution in [1.82, 2.24) is 14.9 Å². The Bertz CT molecular complexity index is 818. The number of aromatic nitrogens is 2. The zero-order valence-corrected chi connectivity index (χ0v) is 16.0. The molecule has 0 bridgehead atoms. The topological polar surface area (TPSA) is 96.6 Å². The summed E-state index contributed by atoms with van der Waals surface area (Å²) in [6.07, 6.45) is 1.24. The SMILES string of the molecule is CCOC(=O)N1CCN(c2ncnc(Nc3ccc(C)cc3C)c2N)CC1. The number of nitrogen functional groups attached to an aromatic ring is 1. The Labute approximate surface area is 159 Å². The second-order valence-corrected chi connectivity index (χ2v) is 6.58. The van der Waals surface area contributed by atoms with E-state index >= 15 is 0 Å². The van der Waals surface area contributed by atoms with Crippen LogP contribution >= 0.6 is 0 Å². The van der Waals surface area contributed by atoms with Crippen LogP contribution in [0.3, 0.4) is 0 Å². The monoisotopic (exact) mass is 370 g/mol. The molecule has 1 aliphatic rings. The Morgan fingerprint density at radius 3 is 2.63 bits per heavy atom. The van der Waals surface area contributed by atoms with Crippen molar-refractivity contribution in [2.45, 2.75) is 20.8 Å². The first kappa shape index (κ1) is 18.8. The van der Waals surface area contributed by atoms with Crippen LogP contribution in [0.5, 0.6) is 0 Å². The number of nitrogens with one attached hydrogen (secondary N) is 1. The van der Waals surface area contributed by atoms with Crippen LogP contribution in [-0.4, -0.2) is 53.7 Å². The number of carbonyl (C=O) groups is 1. The lowest BCUT2D eigenvalue weighted by Crippen LogP contribution is -2.49. The number of ether oxygens (including phenoxy) is 1. The van der Waals surface area contributed by atoms with E-state index in [1.54, 1.807) is 11.8 Å². The Balaban J connectivity index is 1.73. The molecule has 1 amide bonds. The maximum Gasteiger partial charge on any atom is 0.409 e. The minimum absolute atomic E-state index is 0.273. The predicted octanol–water partition coefficient (Wildman–Crippen LogP) is 2.70. The molecule has 1 aromatic heterocycles. The molecule has 3 rings (SSSR count). The summed E-state index contributed by atoms with van der Waals surface area (Å²) in [7, 11) is 0. The van der Waals surface area contributed by atoms with Crippen molar-refractivity contribution in [2.24, 2.45) is 0 Å². The third-order valence-corrected chi connectivity index (χ3v) is 4.60. The fraction of sp³-hybridized carbons (Fsp3) is 0.421. The number of nitrogens with two attached hydrogens (primary N) is 1. The lowest BCUT2D eigenvalue weighted by atomic mass is 10.1. The van der Waals surface area contributed by atoms with E-state index in [0.29, 0.717) is 50.1 Å². The lowest BCUT2D eigenvalue weighted by Gasteiger charge is -2.35. The Hall–Kier alpha value is -3.03. The van der Waals surface area contributed by atoms with Gasteiger partial charge in [-0.2, -0.15) is 0 Å². The average molecular weight is 370 g/mol. The number of hydrogen-bond acceptors (Lipinski definition) is 7. The molecular weight excluding hydrogens is 344 g/mol. The molecule has 3 N–H and O–H groups in total. The zero-order valence-electron chi connectivity index (χ0n) is 16.0. The van der Waals surface area contributed by atoms with Gasteiger partial charge in [-0.3, -0.25) is 0 Å². The van der Waals surface area contributed by atoms with Gasteiger partial charge in [-0.05, 0) is 32.4 Å². The first-order valence-electron chi connectivity index (χ1n) is 9.11. The summed E-state index contributed by atoms with van der Waals surface area (Å²) in [5.74, 6) is 1.26. The van der Waals surface area contributed by atoms with Crippen molar-refractivity contribution in [2.75, 3.05) is 48.7 Å². The van der Waals surface area contributed by atoms with E-state index in [1.807, 2.05) is 19.1 Å². The molecule has 2 heterocycles. The Morgan fingerprint density at radius 1 is 1.22 bits per heavy atom. The number of piperazine rings is 1. The molecule has 1 aliphatic heterocycles. The van der Waals surface area contributed by atoms with Crippen molar-refractivity contribution in [3.63, 3.8) is 0 Å². The smallest absolute Gasteiger partial charge is 0.409 e. The number of hydrogen-bond donors (Lipinski definition) is 2. The lowest BCUT2D eigenvalue weighted by molar-refractivity contribution is 0.105. The molecule has 2 aromatic rings. The fourth-order valence-electron chi connectivity index (χ4n) is 3.13. The summed E-state index contributed by atoms with van der Waals surface area (Å²) in [5, 5.41) is 3.30. The van der Waals surface area contributed by atoms with Gasteiger partial charge >= 0.3 is 6.09 Å². The number of aryl methyl sites for hydroxylation is 2. The first-order chi connectivity index (χ1) is 13.0. The van der Waals surface area contributed by atoms with Gasteiger partial charge in [0.05, 0.1) is 6.61 Å². The highest BCUT2D eigenvalue weighted by atomic mass is 16.6. The highest BCUT2D eigenvalue weighted by Gasteiger charge is 2.24. The van der Waals surface area contributed by atoms with Gasteiger partial charge < -0.3 is 25.6 Å². The molecule has 0 atom stereocenters. The van der Waals surface area contributed by atoms with E-state index in [9.17, 15) is 4.79 Å². The van der Waals surface area contributed by atoms with E-state index in [2.05, 4.69) is 33.2 Å². The summed E-state index contributed by atoms with van der Waals surface area (Å²) in [6, 6.07) is 6.17. The summed E-state index contributed by atoms with van der Waals surface area (Å²) >= 11 is 0. The summed E-state index contributed by atoms with van der Waals surface area (Å²) in [6.45, 7) is 8.72. The molecule has 0 unspecified atom stereocenters. The molecule has 1 fully saturated rings. The van der Waals surface area contributed by atoms with Gasteiger partial charge in [-0.1, -0.05) is 17.7 Å². The minimum Gasteiger partial charge on any atom is -0.450 e. The largest absolute Gasteiger partial charge is 0.450 e. The second kappa shape index (κ2) is 8.11. The molecular formula is C19H26N6O2. The zero-order chi connectivity index (χ0) is 19.4. The van der Waals surface area contributed by atoms with Crippen LogP contribution < -0.4 is 16.0 Å². The van der Waals surface area contributed by atoms with Crippen LogP contribution in [0, 0.1) is 13.8 Å². The Morgan fingerprint density at radius 2 is 1.96 bits per heavy atom. The number of nitrogens with zero attached hydrogens (tertiary/aromatic N) is 4. The molecule has 144 valence electrons. The third kappa shape index (κ3) is 4.21. The first-order valence-corrected chi connectivity index (χ1v) is 9.11. The number of rotatable bonds is 4. The van der Waals surface area contributed by atoms with Crippen LogP contribution in [0.2, 0.25) is 0 Å². The molecule has 0 aliphatic carbocycles. The molecule has 1 aromatic carbocycles. The highest BCUT2D eigenvalue weighted by molar-refractivity contribution is 5.79. The van der Waals surface area contributed by atoms with E-state index in [1.165, 1.54) is 11.9 Å². The molecule has 0 radical (unpaired) electrons. The van der Waals surface area contributed by atoms with Gasteiger partial charge in [0.15, 0.2) is 11.6 Å². The van der Waals surface area contributed by atoms with E-state index in [0.717, 1.165) is 11.3 Å². The Kier molecular flexibility index (Phi) is 5.63. The van der Waals surface area contributed by atoms with E-state index in [4.69, 9.17) is 10.5 Å². The van der Waals surface area contributed by atoms with Crippen molar-refractivity contribution in [3.05, 3.63) is 35.7 Å². The van der Waals surface area contributed by atoms with Gasteiger partial charge in [-0.25, -0.2) is 14.8 Å². The molecule has 1 saturated heterocycles. The minimum atomic E-state index is -0.273. The maximum absolute atomic E-state index is 11.8. The van der Waals surface area contributed by atoms with Gasteiger partial charge in [0.1, 0.15) is 12.0 Å². The highest BCUT2D eigenvalue weighted by Crippen LogP contribution is 2.30. The second-order valence-electron chi connectivity index (χ2n) is 6.58. The van der Waals surface area contributed by atoms with Crippen LogP contribution in [0.4, 0.5) is 27.8 Å². The number of benzene rings is 1. The fourth-order valence-corrected chi connectivity index (χ4v) is 3.13. The maximum atomic E-state index is 11.8. The molecule has 8 nitrogen and oxygen atoms in total. The average Bonchev–Trinajstić information content (AvgIpc) is 2.66. The summed E-state index contributed by atoms with van der Waals surface area (Å²) < 4.78 is 5.06. The molecule has 8 heteroatoms. The van der Waals surface area contributed by atoms with Crippen molar-refractivity contribution in [1.29, 1.82) is 0 Å². The third-order valence-electron chi connectivity index (χ3n) is 4.60. The van der Waals surface area contributed by atoms with Gasteiger partial charge in [0, 0.05) is 31.9 Å². The van der Waals surface area contributed by atoms with Crippen molar-refractivity contribution >= 4 is 29.1 Å². The summed E-state index contributed by atoms with van der Waals surface area (Å²) in [5.41, 5.74) is 10.1. The number of anilines is 4. The molecule has 0 saturated carbocycles. The van der Waals surface area contributed by atoms with Crippen LogP contribution in [0.1, 0.15) is 18.1 Å². The van der Waals surface area contributed by atoms with Crippen LogP contribution in [-0.2, 0) is 4.74 Å². The number of carbonyl (C=O) groups excluding carboxylic acids is 1. The van der Waals surface area contributed by atoms with Crippen LogP contribution in [0.25, 0.3) is 0 Å². The predicted molar refractivity (Wildman–Crippen MR) is 106 cm³/mol. The summed E-state index contributed by atoms with van der Waals surface area (Å²) in [4.78, 5) is 24.3. The molecule has 27 heavy (non-hydrogen) atoms. The van der Waals surface area contributed by atoms with Crippen molar-refractivity contribution in [3.8, 4) is 0 Å². The normalized spacial score (nSPS) is 14.2.